The second-order valence-corrected chi connectivity index (χ2v) is 6.39. The van der Waals surface area contributed by atoms with E-state index in [2.05, 4.69) is 27.8 Å². The second kappa shape index (κ2) is 6.54. The molecule has 0 saturated heterocycles. The van der Waals surface area contributed by atoms with E-state index in [1.807, 2.05) is 6.07 Å². The first kappa shape index (κ1) is 17.2. The average molecular weight is 380 g/mol. The number of rotatable bonds is 4. The fraction of sp³-hybridized carbons (Fsp3) is 0.312. The quantitative estimate of drug-likeness (QED) is 0.806. The lowest BCUT2D eigenvalue weighted by molar-refractivity contribution is -0.133. The number of halogens is 1. The predicted molar refractivity (Wildman–Crippen MR) is 89.5 cm³/mol. The number of hydrogen-bond acceptors (Lipinski definition) is 3. The first-order valence-corrected chi connectivity index (χ1v) is 7.83. The molecule has 3 amide bonds. The highest BCUT2D eigenvalue weighted by Crippen LogP contribution is 2.31. The highest BCUT2D eigenvalue weighted by atomic mass is 79.9. The molecule has 0 bridgehead atoms. The minimum atomic E-state index is -0.693. The molecule has 6 nitrogen and oxygen atoms in total. The van der Waals surface area contributed by atoms with Crippen LogP contribution < -0.4 is 5.32 Å². The van der Waals surface area contributed by atoms with E-state index < -0.39 is 11.9 Å². The van der Waals surface area contributed by atoms with Gasteiger partial charge in [-0.1, -0.05) is 28.6 Å². The Morgan fingerprint density at radius 1 is 1.39 bits per heavy atom. The van der Waals surface area contributed by atoms with Crippen LogP contribution >= 0.6 is 15.9 Å². The minimum Gasteiger partial charge on any atom is -0.347 e. The Labute approximate surface area is 143 Å². The molecule has 2 rings (SSSR count). The van der Waals surface area contributed by atoms with Gasteiger partial charge < -0.3 is 10.2 Å². The van der Waals surface area contributed by atoms with E-state index in [0.717, 1.165) is 10.0 Å². The van der Waals surface area contributed by atoms with Gasteiger partial charge in [0.05, 0.1) is 6.54 Å². The molecular weight excluding hydrogens is 362 g/mol. The third-order valence-corrected chi connectivity index (χ3v) is 4.40. The van der Waals surface area contributed by atoms with Gasteiger partial charge in [-0.05, 0) is 24.6 Å². The van der Waals surface area contributed by atoms with Crippen molar-refractivity contribution in [1.29, 1.82) is 0 Å². The summed E-state index contributed by atoms with van der Waals surface area (Å²) in [6.07, 6.45) is 0. The Hall–Kier alpha value is -2.15. The number of nitrogens with one attached hydrogen (secondary N) is 1. The van der Waals surface area contributed by atoms with Gasteiger partial charge in [0, 0.05) is 24.1 Å². The van der Waals surface area contributed by atoms with E-state index >= 15 is 0 Å². The van der Waals surface area contributed by atoms with E-state index in [0.29, 0.717) is 5.56 Å². The minimum absolute atomic E-state index is 0.0245. The van der Waals surface area contributed by atoms with Gasteiger partial charge in [-0.15, -0.1) is 0 Å². The highest BCUT2D eigenvalue weighted by Gasteiger charge is 2.33. The van der Waals surface area contributed by atoms with Gasteiger partial charge in [0.1, 0.15) is 11.7 Å². The van der Waals surface area contributed by atoms with Crippen LogP contribution in [0.15, 0.2) is 34.9 Å². The summed E-state index contributed by atoms with van der Waals surface area (Å²) in [5.41, 5.74) is 1.39. The molecule has 1 unspecified atom stereocenters. The first-order valence-electron chi connectivity index (χ1n) is 7.04. The van der Waals surface area contributed by atoms with Crippen molar-refractivity contribution in [1.82, 2.24) is 15.1 Å². The lowest BCUT2D eigenvalue weighted by Crippen LogP contribution is -2.46. The van der Waals surface area contributed by atoms with E-state index in [1.54, 1.807) is 33.2 Å². The molecule has 1 heterocycles. The normalized spacial score (nSPS) is 14.3. The number of likely N-dealkylation sites (N-methyl/N-ethyl adjacent to an activating group) is 1. The van der Waals surface area contributed by atoms with Gasteiger partial charge >= 0.3 is 0 Å². The number of fused-ring (bicyclic) bond motifs is 1. The average Bonchev–Trinajstić information content (AvgIpc) is 2.84. The van der Waals surface area contributed by atoms with Gasteiger partial charge in [-0.3, -0.25) is 19.3 Å². The van der Waals surface area contributed by atoms with Crippen molar-refractivity contribution >= 4 is 33.7 Å². The van der Waals surface area contributed by atoms with Crippen LogP contribution in [0, 0.1) is 0 Å². The van der Waals surface area contributed by atoms with E-state index in [4.69, 9.17) is 0 Å². The maximum absolute atomic E-state index is 12.4. The molecule has 0 radical (unpaired) electrons. The summed E-state index contributed by atoms with van der Waals surface area (Å²) in [6, 6.07) is 4.63. The summed E-state index contributed by atoms with van der Waals surface area (Å²) in [4.78, 5) is 39.2. The number of carbonyl (C=O) groups is 3. The number of benzene rings is 1. The Morgan fingerprint density at radius 2 is 2.04 bits per heavy atom. The first-order chi connectivity index (χ1) is 10.7. The highest BCUT2D eigenvalue weighted by molar-refractivity contribution is 9.10. The Balaban J connectivity index is 2.11. The van der Waals surface area contributed by atoms with Crippen molar-refractivity contribution < 1.29 is 14.4 Å². The van der Waals surface area contributed by atoms with Crippen LogP contribution in [0.4, 0.5) is 0 Å². The molecule has 7 heteroatoms. The van der Waals surface area contributed by atoms with Crippen LogP contribution in [0.2, 0.25) is 0 Å². The number of hydrogen-bond donors (Lipinski definition) is 1. The van der Waals surface area contributed by atoms with Crippen LogP contribution in [-0.4, -0.2) is 47.7 Å². The number of amides is 3. The Morgan fingerprint density at radius 3 is 2.61 bits per heavy atom. The standard InChI is InChI=1S/C16H18BrN3O3/c1-9(15(22)19(3)4)18-14(21)10(2)20-8-12-11(16(20)23)6-5-7-13(12)17/h5-7,9H,2,8H2,1,3-4H3,(H,18,21). The fourth-order valence-electron chi connectivity index (χ4n) is 2.36. The van der Waals surface area contributed by atoms with Crippen molar-refractivity contribution in [2.45, 2.75) is 19.5 Å². The zero-order valence-corrected chi connectivity index (χ0v) is 14.8. The molecule has 122 valence electrons. The summed E-state index contributed by atoms with van der Waals surface area (Å²) in [6.45, 7) is 5.57. The van der Waals surface area contributed by atoms with E-state index in [1.165, 1.54) is 9.80 Å². The smallest absolute Gasteiger partial charge is 0.268 e. The summed E-state index contributed by atoms with van der Waals surface area (Å²) in [5.74, 6) is -1.04. The maximum atomic E-state index is 12.4. The van der Waals surface area contributed by atoms with Crippen molar-refractivity contribution in [3.63, 3.8) is 0 Å². The lowest BCUT2D eigenvalue weighted by Gasteiger charge is -2.22. The van der Waals surface area contributed by atoms with Gasteiger partial charge in [-0.2, -0.15) is 0 Å². The molecule has 0 fully saturated rings. The van der Waals surface area contributed by atoms with Gasteiger partial charge in [0.2, 0.25) is 5.91 Å². The molecule has 0 spiro atoms. The molecular formula is C16H18BrN3O3. The molecule has 1 atom stereocenters. The monoisotopic (exact) mass is 379 g/mol. The molecule has 1 aliphatic rings. The lowest BCUT2D eigenvalue weighted by atomic mass is 10.1. The SMILES string of the molecule is C=C(C(=O)NC(C)C(=O)N(C)C)N1Cc2c(Br)cccc2C1=O. The molecule has 0 aromatic heterocycles. The zero-order chi connectivity index (χ0) is 17.3. The van der Waals surface area contributed by atoms with E-state index in [9.17, 15) is 14.4 Å². The summed E-state index contributed by atoms with van der Waals surface area (Å²) in [7, 11) is 3.22. The maximum Gasteiger partial charge on any atom is 0.268 e. The van der Waals surface area contributed by atoms with Gasteiger partial charge in [0.25, 0.3) is 11.8 Å². The topological polar surface area (TPSA) is 69.7 Å². The van der Waals surface area contributed by atoms with Gasteiger partial charge in [-0.25, -0.2) is 0 Å². The third kappa shape index (κ3) is 3.29. The van der Waals surface area contributed by atoms with Crippen LogP contribution in [0.5, 0.6) is 0 Å². The van der Waals surface area contributed by atoms with E-state index in [-0.39, 0.29) is 24.1 Å². The van der Waals surface area contributed by atoms with Crippen molar-refractivity contribution in [3.05, 3.63) is 46.1 Å². The van der Waals surface area contributed by atoms with Crippen LogP contribution in [-0.2, 0) is 16.1 Å². The number of nitrogens with zero attached hydrogens (tertiary/aromatic N) is 2. The van der Waals surface area contributed by atoms with Crippen LogP contribution in [0.3, 0.4) is 0 Å². The largest absolute Gasteiger partial charge is 0.347 e. The van der Waals surface area contributed by atoms with Crippen molar-refractivity contribution in [2.24, 2.45) is 0 Å². The summed E-state index contributed by atoms with van der Waals surface area (Å²) >= 11 is 3.40. The fourth-order valence-corrected chi connectivity index (χ4v) is 2.86. The molecule has 0 aliphatic carbocycles. The van der Waals surface area contributed by atoms with Crippen molar-refractivity contribution in [2.75, 3.05) is 14.1 Å². The summed E-state index contributed by atoms with van der Waals surface area (Å²) < 4.78 is 0.815. The molecule has 1 aromatic carbocycles. The molecule has 0 saturated carbocycles. The van der Waals surface area contributed by atoms with Crippen LogP contribution in [0.25, 0.3) is 0 Å². The molecule has 1 aromatic rings. The Bertz CT molecular complexity index is 700. The zero-order valence-electron chi connectivity index (χ0n) is 13.2. The molecule has 23 heavy (non-hydrogen) atoms. The Kier molecular flexibility index (Phi) is 4.89. The third-order valence-electron chi connectivity index (χ3n) is 3.66. The molecule has 1 aliphatic heterocycles. The van der Waals surface area contributed by atoms with Crippen molar-refractivity contribution in [3.8, 4) is 0 Å². The van der Waals surface area contributed by atoms with Gasteiger partial charge in [0.15, 0.2) is 0 Å². The second-order valence-electron chi connectivity index (χ2n) is 5.53. The summed E-state index contributed by atoms with van der Waals surface area (Å²) in [5, 5.41) is 2.56. The predicted octanol–water partition coefficient (Wildman–Crippen LogP) is 1.51. The van der Waals surface area contributed by atoms with Crippen LogP contribution in [0.1, 0.15) is 22.8 Å². The number of carbonyl (C=O) groups excluding carboxylic acids is 3. The molecule has 1 N–H and O–H groups in total.